The maximum Gasteiger partial charge on any atom is 0.406 e. The number of carbonyl (C=O) groups is 2. The van der Waals surface area contributed by atoms with Crippen LogP contribution in [0.5, 0.6) is 0 Å². The molecule has 5 rings (SSSR count). The third kappa shape index (κ3) is 4.53. The molecule has 35 heavy (non-hydrogen) atoms. The second-order valence-corrected chi connectivity index (χ2v) is 8.83. The number of nitrogens with one attached hydrogen (secondary N) is 1. The Morgan fingerprint density at radius 2 is 1.97 bits per heavy atom. The first-order valence-electron chi connectivity index (χ1n) is 11.2. The molecular weight excluding hydrogens is 465 g/mol. The average Bonchev–Trinajstić information content (AvgIpc) is 3.39. The van der Waals surface area contributed by atoms with E-state index in [0.717, 1.165) is 17.7 Å². The lowest BCUT2D eigenvalue weighted by molar-refractivity contribution is -0.140. The molecule has 3 aromatic rings. The lowest BCUT2D eigenvalue weighted by atomic mass is 9.96. The van der Waals surface area contributed by atoms with Crippen LogP contribution in [0.3, 0.4) is 0 Å². The summed E-state index contributed by atoms with van der Waals surface area (Å²) < 4.78 is 40.5. The lowest BCUT2D eigenvalue weighted by Gasteiger charge is -2.34. The van der Waals surface area contributed by atoms with Gasteiger partial charge >= 0.3 is 6.18 Å². The summed E-state index contributed by atoms with van der Waals surface area (Å²) in [6.45, 7) is -0.296. The van der Waals surface area contributed by atoms with Crippen LogP contribution in [-0.4, -0.2) is 68.8 Å². The van der Waals surface area contributed by atoms with Crippen LogP contribution in [0.1, 0.15) is 39.1 Å². The van der Waals surface area contributed by atoms with E-state index in [0.29, 0.717) is 41.1 Å². The van der Waals surface area contributed by atoms with E-state index < -0.39 is 24.5 Å². The number of piperidine rings is 1. The number of alkyl halides is 3. The summed E-state index contributed by atoms with van der Waals surface area (Å²) in [7, 11) is 0. The molecule has 12 heteroatoms. The number of rotatable bonds is 5. The molecule has 2 N–H and O–H groups in total. The van der Waals surface area contributed by atoms with Crippen molar-refractivity contribution in [1.29, 1.82) is 0 Å². The Hall–Kier alpha value is -3.67. The molecule has 2 aliphatic rings. The fraction of sp³-hybridized carbons (Fsp3) is 0.391. The predicted molar refractivity (Wildman–Crippen MR) is 120 cm³/mol. The molecule has 0 atom stereocenters. The Kier molecular flexibility index (Phi) is 5.83. The van der Waals surface area contributed by atoms with Gasteiger partial charge in [-0.15, -0.1) is 0 Å². The Morgan fingerprint density at radius 1 is 1.20 bits per heavy atom. The normalized spacial score (nSPS) is 16.7. The van der Waals surface area contributed by atoms with Crippen molar-refractivity contribution < 1.29 is 27.9 Å². The first kappa shape index (κ1) is 23.1. The number of amides is 2. The van der Waals surface area contributed by atoms with Crippen LogP contribution in [0.4, 0.5) is 24.5 Å². The van der Waals surface area contributed by atoms with Gasteiger partial charge in [0.15, 0.2) is 0 Å². The molecule has 1 saturated heterocycles. The molecule has 0 saturated carbocycles. The molecule has 2 aromatic heterocycles. The van der Waals surface area contributed by atoms with E-state index in [9.17, 15) is 27.9 Å². The fourth-order valence-corrected chi connectivity index (χ4v) is 4.67. The Labute approximate surface area is 198 Å². The van der Waals surface area contributed by atoms with Gasteiger partial charge in [0, 0.05) is 44.2 Å². The van der Waals surface area contributed by atoms with E-state index in [4.69, 9.17) is 0 Å². The van der Waals surface area contributed by atoms with Gasteiger partial charge in [-0.2, -0.15) is 18.3 Å². The smallest absolute Gasteiger partial charge is 0.396 e. The number of anilines is 2. The Morgan fingerprint density at radius 3 is 2.69 bits per heavy atom. The van der Waals surface area contributed by atoms with Gasteiger partial charge in [-0.05, 0) is 36.5 Å². The van der Waals surface area contributed by atoms with Crippen molar-refractivity contribution in [3.63, 3.8) is 0 Å². The summed E-state index contributed by atoms with van der Waals surface area (Å²) in [4.78, 5) is 32.7. The van der Waals surface area contributed by atoms with Crippen LogP contribution in [-0.2, 0) is 6.54 Å². The van der Waals surface area contributed by atoms with Crippen molar-refractivity contribution in [2.45, 2.75) is 25.6 Å². The van der Waals surface area contributed by atoms with Crippen LogP contribution >= 0.6 is 0 Å². The number of aromatic nitrogens is 3. The first-order valence-corrected chi connectivity index (χ1v) is 11.2. The van der Waals surface area contributed by atoms with Gasteiger partial charge in [-0.3, -0.25) is 14.6 Å². The molecule has 4 heterocycles. The van der Waals surface area contributed by atoms with E-state index in [-0.39, 0.29) is 24.6 Å². The van der Waals surface area contributed by atoms with Gasteiger partial charge in [0.2, 0.25) is 0 Å². The molecule has 1 aromatic carbocycles. The highest BCUT2D eigenvalue weighted by molar-refractivity contribution is 6.11. The summed E-state index contributed by atoms with van der Waals surface area (Å²) in [6, 6.07) is 3.15. The second kappa shape index (κ2) is 8.84. The molecule has 2 amide bonds. The number of carbonyl (C=O) groups excluding carboxylic acids is 2. The van der Waals surface area contributed by atoms with E-state index in [1.54, 1.807) is 24.5 Å². The summed E-state index contributed by atoms with van der Waals surface area (Å²) in [5.41, 5.74) is 2.38. The van der Waals surface area contributed by atoms with Crippen LogP contribution in [0.15, 0.2) is 36.9 Å². The summed E-state index contributed by atoms with van der Waals surface area (Å²) in [5.74, 6) is -0.972. The molecule has 9 nitrogen and oxygen atoms in total. The zero-order chi connectivity index (χ0) is 24.7. The van der Waals surface area contributed by atoms with Crippen molar-refractivity contribution >= 4 is 28.7 Å². The highest BCUT2D eigenvalue weighted by Crippen LogP contribution is 2.37. The minimum atomic E-state index is -4.51. The van der Waals surface area contributed by atoms with Crippen LogP contribution < -0.4 is 10.2 Å². The van der Waals surface area contributed by atoms with Crippen molar-refractivity contribution in [1.82, 2.24) is 19.5 Å². The van der Waals surface area contributed by atoms with Gasteiger partial charge in [0.1, 0.15) is 6.54 Å². The summed E-state index contributed by atoms with van der Waals surface area (Å²) >= 11 is 0. The number of aliphatic hydroxyl groups is 1. The highest BCUT2D eigenvalue weighted by atomic mass is 19.4. The first-order chi connectivity index (χ1) is 16.7. The minimum absolute atomic E-state index is 0.0786. The summed E-state index contributed by atoms with van der Waals surface area (Å²) in [6.07, 6.45) is 3.00. The number of hydrogen-bond acceptors (Lipinski definition) is 6. The monoisotopic (exact) mass is 488 g/mol. The van der Waals surface area contributed by atoms with Crippen LogP contribution in [0.25, 0.3) is 5.52 Å². The van der Waals surface area contributed by atoms with Crippen LogP contribution in [0, 0.1) is 5.92 Å². The van der Waals surface area contributed by atoms with Crippen molar-refractivity contribution in [3.8, 4) is 0 Å². The molecule has 0 radical (unpaired) electrons. The number of nitrogens with zero attached hydrogens (tertiary/aromatic N) is 5. The zero-order valence-electron chi connectivity index (χ0n) is 18.6. The predicted octanol–water partition coefficient (Wildman–Crippen LogP) is 2.71. The van der Waals surface area contributed by atoms with Gasteiger partial charge in [0.05, 0.1) is 34.8 Å². The molecule has 2 aliphatic heterocycles. The number of fused-ring (bicyclic) bond motifs is 2. The lowest BCUT2D eigenvalue weighted by Crippen LogP contribution is -2.35. The van der Waals surface area contributed by atoms with Gasteiger partial charge < -0.3 is 20.2 Å². The number of halogens is 3. The average molecular weight is 488 g/mol. The van der Waals surface area contributed by atoms with Gasteiger partial charge in [0.25, 0.3) is 11.8 Å². The molecule has 0 spiro atoms. The molecule has 1 fully saturated rings. The van der Waals surface area contributed by atoms with Crippen LogP contribution in [0.2, 0.25) is 0 Å². The van der Waals surface area contributed by atoms with E-state index >= 15 is 0 Å². The molecule has 0 unspecified atom stereocenters. The highest BCUT2D eigenvalue weighted by Gasteiger charge is 2.38. The van der Waals surface area contributed by atoms with Crippen molar-refractivity contribution in [2.24, 2.45) is 5.92 Å². The molecular formula is C23H23F3N6O3. The van der Waals surface area contributed by atoms with Crippen molar-refractivity contribution in [3.05, 3.63) is 53.6 Å². The topological polar surface area (TPSA) is 103 Å². The Balaban J connectivity index is 1.49. The molecule has 184 valence electrons. The number of benzene rings is 1. The van der Waals surface area contributed by atoms with E-state index in [1.165, 1.54) is 16.9 Å². The number of hydrogen-bond donors (Lipinski definition) is 2. The number of aliphatic hydroxyl groups excluding tert-OH is 1. The quantitative estimate of drug-likeness (QED) is 0.573. The second-order valence-electron chi connectivity index (χ2n) is 8.83. The standard InChI is InChI=1S/C23H23F3N6O3/c24-23(25,26)13-31-11-15-7-18(29-21(34)17-9-28-32-6-3-27-10-20(17)32)19(8-16(15)22(31)35)30-4-1-14(12-33)2-5-30/h3,6-10,14,33H,1-2,4-5,11-13H2,(H,29,34). The third-order valence-electron chi connectivity index (χ3n) is 6.50. The SMILES string of the molecule is O=C(Nc1cc2c(cc1N1CCC(CO)CC1)C(=O)N(CC(F)(F)F)C2)c1cnn2ccncc12. The molecule has 0 bridgehead atoms. The van der Waals surface area contributed by atoms with Gasteiger partial charge in [-0.1, -0.05) is 0 Å². The minimum Gasteiger partial charge on any atom is -0.396 e. The van der Waals surface area contributed by atoms with E-state index in [1.807, 2.05) is 4.90 Å². The fourth-order valence-electron chi connectivity index (χ4n) is 4.67. The van der Waals surface area contributed by atoms with Crippen molar-refractivity contribution in [2.75, 3.05) is 36.5 Å². The largest absolute Gasteiger partial charge is 0.406 e. The summed E-state index contributed by atoms with van der Waals surface area (Å²) in [5, 5.41) is 16.5. The maximum absolute atomic E-state index is 13.2. The molecule has 0 aliphatic carbocycles. The maximum atomic E-state index is 13.2. The van der Waals surface area contributed by atoms with E-state index in [2.05, 4.69) is 15.4 Å². The Bertz CT molecular complexity index is 1280. The third-order valence-corrected chi connectivity index (χ3v) is 6.50. The zero-order valence-corrected chi connectivity index (χ0v) is 18.6. The van der Waals surface area contributed by atoms with Gasteiger partial charge in [-0.25, -0.2) is 4.52 Å².